The molecule has 0 saturated carbocycles. The van der Waals surface area contributed by atoms with Gasteiger partial charge >= 0.3 is 6.09 Å². The third-order valence-corrected chi connectivity index (χ3v) is 8.63. The molecule has 0 radical (unpaired) electrons. The number of methoxy groups -OCH3 is 2. The van der Waals surface area contributed by atoms with Gasteiger partial charge in [0.25, 0.3) is 0 Å². The Kier molecular flexibility index (Phi) is 8.46. The van der Waals surface area contributed by atoms with Crippen LogP contribution in [0.5, 0.6) is 11.5 Å². The van der Waals surface area contributed by atoms with Crippen LogP contribution in [0.4, 0.5) is 4.79 Å². The van der Waals surface area contributed by atoms with Crippen LogP contribution >= 0.6 is 0 Å². The Hall–Kier alpha value is -4.86. The second-order valence-electron chi connectivity index (χ2n) is 12.9. The zero-order valence-corrected chi connectivity index (χ0v) is 27.7. The maximum absolute atomic E-state index is 12.6. The minimum Gasteiger partial charge on any atom is -0.497 e. The normalized spacial score (nSPS) is 14.1. The van der Waals surface area contributed by atoms with E-state index in [1.807, 2.05) is 66.7 Å². The van der Waals surface area contributed by atoms with Crippen LogP contribution < -0.4 is 9.47 Å². The molecule has 240 valence electrons. The molecular weight excluding hydrogens is 580 g/mol. The number of hydrogen-bond acceptors (Lipinski definition) is 7. The molecule has 0 atom stereocenters. The van der Waals surface area contributed by atoms with Crippen molar-refractivity contribution < 1.29 is 19.0 Å². The monoisotopic (exact) mass is 622 g/mol. The Morgan fingerprint density at radius 3 is 2.39 bits per heavy atom. The van der Waals surface area contributed by atoms with Gasteiger partial charge in [-0.15, -0.1) is 0 Å². The molecule has 1 fully saturated rings. The number of pyridine rings is 1. The molecule has 0 spiro atoms. The topological polar surface area (TPSA) is 96.5 Å². The van der Waals surface area contributed by atoms with Gasteiger partial charge in [0, 0.05) is 36.5 Å². The lowest BCUT2D eigenvalue weighted by Gasteiger charge is -2.33. The van der Waals surface area contributed by atoms with Gasteiger partial charge in [-0.25, -0.2) is 9.78 Å². The molecule has 0 unspecified atom stereocenters. The van der Waals surface area contributed by atoms with Crippen molar-refractivity contribution in [3.63, 3.8) is 0 Å². The molecule has 0 N–H and O–H groups in total. The fraction of sp³-hybridized carbons (Fsp3) is 0.389. The Morgan fingerprint density at radius 2 is 1.72 bits per heavy atom. The van der Waals surface area contributed by atoms with Crippen molar-refractivity contribution in [2.75, 3.05) is 27.3 Å². The smallest absolute Gasteiger partial charge is 0.410 e. The van der Waals surface area contributed by atoms with Crippen molar-refractivity contribution in [1.82, 2.24) is 29.4 Å². The lowest BCUT2D eigenvalue weighted by molar-refractivity contribution is 0.0185. The first-order valence-electron chi connectivity index (χ1n) is 15.7. The lowest BCUT2D eigenvalue weighted by Crippen LogP contribution is -2.42. The van der Waals surface area contributed by atoms with Crippen molar-refractivity contribution in [3.05, 3.63) is 77.6 Å². The van der Waals surface area contributed by atoms with Crippen LogP contribution in [0, 0.1) is 13.8 Å². The first-order chi connectivity index (χ1) is 22.0. The number of fused-ring (bicyclic) bond motifs is 1. The first kappa shape index (κ1) is 31.1. The van der Waals surface area contributed by atoms with E-state index in [0.717, 1.165) is 63.3 Å². The van der Waals surface area contributed by atoms with E-state index in [1.54, 1.807) is 19.1 Å². The average Bonchev–Trinajstić information content (AvgIpc) is 3.66. The number of aromatic nitrogens is 5. The van der Waals surface area contributed by atoms with Crippen LogP contribution in [0.15, 0.2) is 60.9 Å². The lowest BCUT2D eigenvalue weighted by atomic mass is 9.99. The number of carbonyl (C=O) groups is 1. The van der Waals surface area contributed by atoms with Gasteiger partial charge in [-0.1, -0.05) is 30.3 Å². The molecule has 1 aliphatic heterocycles. The maximum atomic E-state index is 12.6. The van der Waals surface area contributed by atoms with Crippen LogP contribution in [0.3, 0.4) is 0 Å². The van der Waals surface area contributed by atoms with E-state index in [9.17, 15) is 4.79 Å². The summed E-state index contributed by atoms with van der Waals surface area (Å²) in [7, 11) is 3.35. The number of aryl methyl sites for hydroxylation is 1. The second kappa shape index (κ2) is 12.5. The Balaban J connectivity index is 1.37. The highest BCUT2D eigenvalue weighted by Crippen LogP contribution is 2.38. The summed E-state index contributed by atoms with van der Waals surface area (Å²) in [6.45, 7) is 11.7. The summed E-state index contributed by atoms with van der Waals surface area (Å²) in [4.78, 5) is 19.6. The maximum Gasteiger partial charge on any atom is 0.410 e. The van der Waals surface area contributed by atoms with Crippen molar-refractivity contribution in [3.8, 4) is 34.0 Å². The van der Waals surface area contributed by atoms with E-state index in [1.165, 1.54) is 5.56 Å². The zero-order chi connectivity index (χ0) is 32.6. The number of piperidine rings is 1. The van der Waals surface area contributed by atoms with Crippen LogP contribution in [0.1, 0.15) is 56.3 Å². The summed E-state index contributed by atoms with van der Waals surface area (Å²) in [5.41, 5.74) is 8.03. The molecule has 1 amide bonds. The molecular formula is C36H42N6O4. The summed E-state index contributed by atoms with van der Waals surface area (Å²) < 4.78 is 20.8. The van der Waals surface area contributed by atoms with Gasteiger partial charge in [0.2, 0.25) is 0 Å². The fourth-order valence-corrected chi connectivity index (χ4v) is 5.95. The zero-order valence-electron chi connectivity index (χ0n) is 27.7. The summed E-state index contributed by atoms with van der Waals surface area (Å²) in [6.07, 6.45) is 5.24. The predicted molar refractivity (Wildman–Crippen MR) is 178 cm³/mol. The molecule has 6 rings (SSSR count). The molecule has 46 heavy (non-hydrogen) atoms. The number of rotatable bonds is 7. The SMILES string of the molecule is COc1ccc(Cn2nc(-c3cnn(C4CCN(C(=O)OC(C)(C)C)CC4)c3)c3nc(-c4cccc(C)c4C)c(OC)cc32)cc1. The van der Waals surface area contributed by atoms with Gasteiger partial charge in [-0.05, 0) is 76.3 Å². The number of benzene rings is 2. The van der Waals surface area contributed by atoms with Crippen LogP contribution in [-0.2, 0) is 11.3 Å². The third-order valence-electron chi connectivity index (χ3n) is 8.63. The minimum atomic E-state index is -0.514. The highest BCUT2D eigenvalue weighted by atomic mass is 16.6. The Morgan fingerprint density at radius 1 is 0.978 bits per heavy atom. The standard InChI is InChI=1S/C36H42N6O4/c1-23-9-8-10-29(24(23)2)33-31(45-7)19-30-34(38-33)32(39-42(30)21-25-11-13-28(44-6)14-12-25)26-20-37-41(22-26)27-15-17-40(18-16-27)35(43)46-36(3,4)5/h8-14,19-20,22,27H,15-18,21H2,1-7H3. The number of ether oxygens (including phenoxy) is 3. The largest absolute Gasteiger partial charge is 0.497 e. The van der Waals surface area contributed by atoms with Gasteiger partial charge in [-0.2, -0.15) is 10.2 Å². The van der Waals surface area contributed by atoms with Gasteiger partial charge in [0.05, 0.1) is 38.5 Å². The van der Waals surface area contributed by atoms with E-state index in [4.69, 9.17) is 29.4 Å². The first-order valence-corrected chi connectivity index (χ1v) is 15.7. The number of amides is 1. The van der Waals surface area contributed by atoms with Crippen molar-refractivity contribution >= 4 is 17.1 Å². The third kappa shape index (κ3) is 6.29. The van der Waals surface area contributed by atoms with E-state index in [2.05, 4.69) is 38.2 Å². The van der Waals surface area contributed by atoms with Crippen molar-refractivity contribution in [1.29, 1.82) is 0 Å². The van der Waals surface area contributed by atoms with E-state index < -0.39 is 5.60 Å². The number of hydrogen-bond donors (Lipinski definition) is 0. The summed E-state index contributed by atoms with van der Waals surface area (Å²) in [5.74, 6) is 1.50. The van der Waals surface area contributed by atoms with Crippen LogP contribution in [-0.4, -0.2) is 68.4 Å². The molecule has 4 heterocycles. The number of likely N-dealkylation sites (tertiary alicyclic amines) is 1. The predicted octanol–water partition coefficient (Wildman–Crippen LogP) is 7.22. The average molecular weight is 623 g/mol. The Bertz CT molecular complexity index is 1860. The van der Waals surface area contributed by atoms with Crippen molar-refractivity contribution in [2.45, 2.75) is 65.6 Å². The molecule has 0 aliphatic carbocycles. The highest BCUT2D eigenvalue weighted by molar-refractivity contribution is 5.93. The van der Waals surface area contributed by atoms with E-state index in [-0.39, 0.29) is 12.1 Å². The van der Waals surface area contributed by atoms with Gasteiger partial charge in [0.15, 0.2) is 0 Å². The molecule has 10 nitrogen and oxygen atoms in total. The molecule has 0 bridgehead atoms. The molecule has 2 aromatic carbocycles. The van der Waals surface area contributed by atoms with Crippen LogP contribution in [0.25, 0.3) is 33.5 Å². The molecule has 10 heteroatoms. The summed E-state index contributed by atoms with van der Waals surface area (Å²) in [6, 6.07) is 16.4. The number of nitrogens with zero attached hydrogens (tertiary/aromatic N) is 6. The van der Waals surface area contributed by atoms with Crippen LogP contribution in [0.2, 0.25) is 0 Å². The second-order valence-corrected chi connectivity index (χ2v) is 12.9. The summed E-state index contributed by atoms with van der Waals surface area (Å²) in [5, 5.41) is 9.89. The molecule has 1 aliphatic rings. The molecule has 3 aromatic heterocycles. The quantitative estimate of drug-likeness (QED) is 0.189. The summed E-state index contributed by atoms with van der Waals surface area (Å²) >= 11 is 0. The van der Waals surface area contributed by atoms with Crippen molar-refractivity contribution in [2.24, 2.45) is 0 Å². The minimum absolute atomic E-state index is 0.165. The van der Waals surface area contributed by atoms with Gasteiger partial charge in [0.1, 0.15) is 34.0 Å². The number of carbonyl (C=O) groups excluding carboxylic acids is 1. The Labute approximate surface area is 269 Å². The molecule has 1 saturated heterocycles. The van der Waals surface area contributed by atoms with Gasteiger partial charge < -0.3 is 19.1 Å². The fourth-order valence-electron chi connectivity index (χ4n) is 5.95. The van der Waals surface area contributed by atoms with E-state index >= 15 is 0 Å². The molecule has 5 aromatic rings. The highest BCUT2D eigenvalue weighted by Gasteiger charge is 2.28. The van der Waals surface area contributed by atoms with Gasteiger partial charge in [-0.3, -0.25) is 9.36 Å². The van der Waals surface area contributed by atoms with E-state index in [0.29, 0.717) is 25.4 Å².